The molecule has 2 aromatic carbocycles. The highest BCUT2D eigenvalue weighted by molar-refractivity contribution is 5.54. The third-order valence-electron chi connectivity index (χ3n) is 3.40. The number of aryl methyl sites for hydroxylation is 1. The summed E-state index contributed by atoms with van der Waals surface area (Å²) in [7, 11) is 0. The Bertz CT molecular complexity index is 537. The van der Waals surface area contributed by atoms with Gasteiger partial charge in [0, 0.05) is 0 Å². The van der Waals surface area contributed by atoms with Gasteiger partial charge in [0.2, 0.25) is 0 Å². The number of hydrogen-bond donors (Lipinski definition) is 2. The van der Waals surface area contributed by atoms with Gasteiger partial charge < -0.3 is 15.8 Å². The van der Waals surface area contributed by atoms with Crippen LogP contribution in [0.1, 0.15) is 38.3 Å². The van der Waals surface area contributed by atoms with E-state index in [1.165, 1.54) is 12.0 Å². The first kappa shape index (κ1) is 19.0. The van der Waals surface area contributed by atoms with Crippen LogP contribution in [0.15, 0.2) is 48.5 Å². The standard InChI is InChI=1S/C15H17NO.C5H13N/c1-2-12-8-9-15(14(16)10-12)17-11-13-6-4-3-5-7-13;1-3-5-6-4-2/h3-10H,2,11,16H2,1H3;6H,3-5H2,1-2H3. The molecule has 0 aliphatic carbocycles. The summed E-state index contributed by atoms with van der Waals surface area (Å²) in [6.45, 7) is 9.22. The molecule has 3 heteroatoms. The topological polar surface area (TPSA) is 47.3 Å². The maximum atomic E-state index is 5.94. The van der Waals surface area contributed by atoms with Crippen molar-refractivity contribution in [2.24, 2.45) is 0 Å². The second-order valence-corrected chi connectivity index (χ2v) is 5.35. The molecule has 0 aliphatic heterocycles. The van der Waals surface area contributed by atoms with Crippen LogP contribution in [0.3, 0.4) is 0 Å². The van der Waals surface area contributed by atoms with Crippen LogP contribution in [-0.4, -0.2) is 13.1 Å². The number of nitrogens with one attached hydrogen (secondary N) is 1. The summed E-state index contributed by atoms with van der Waals surface area (Å²) < 4.78 is 5.70. The van der Waals surface area contributed by atoms with E-state index in [4.69, 9.17) is 10.5 Å². The Morgan fingerprint density at radius 3 is 2.22 bits per heavy atom. The molecule has 0 saturated carbocycles. The zero-order chi connectivity index (χ0) is 16.9. The Morgan fingerprint density at radius 1 is 0.957 bits per heavy atom. The number of ether oxygens (including phenoxy) is 1. The van der Waals surface area contributed by atoms with Crippen LogP contribution < -0.4 is 15.8 Å². The van der Waals surface area contributed by atoms with Crippen molar-refractivity contribution in [2.45, 2.75) is 40.2 Å². The number of nitrogens with two attached hydrogens (primary N) is 1. The Kier molecular flexibility index (Phi) is 9.57. The van der Waals surface area contributed by atoms with Gasteiger partial charge in [-0.25, -0.2) is 0 Å². The third-order valence-corrected chi connectivity index (χ3v) is 3.40. The molecule has 0 atom stereocenters. The van der Waals surface area contributed by atoms with Crippen LogP contribution in [0, 0.1) is 0 Å². The van der Waals surface area contributed by atoms with E-state index in [-0.39, 0.29) is 0 Å². The molecule has 2 rings (SSSR count). The second-order valence-electron chi connectivity index (χ2n) is 5.35. The van der Waals surface area contributed by atoms with E-state index in [1.54, 1.807) is 0 Å². The van der Waals surface area contributed by atoms with Gasteiger partial charge >= 0.3 is 0 Å². The van der Waals surface area contributed by atoms with Crippen LogP contribution in [0.2, 0.25) is 0 Å². The molecule has 0 heterocycles. The number of nitrogen functional groups attached to an aromatic ring is 1. The van der Waals surface area contributed by atoms with E-state index >= 15 is 0 Å². The lowest BCUT2D eigenvalue weighted by molar-refractivity contribution is 0.308. The van der Waals surface area contributed by atoms with Crippen LogP contribution in [0.5, 0.6) is 5.75 Å². The van der Waals surface area contributed by atoms with Crippen LogP contribution in [-0.2, 0) is 13.0 Å². The first-order valence-electron chi connectivity index (χ1n) is 8.47. The monoisotopic (exact) mass is 314 g/mol. The summed E-state index contributed by atoms with van der Waals surface area (Å²) in [5.74, 6) is 0.756. The average molecular weight is 314 g/mol. The SMILES string of the molecule is CCCNCC.CCc1ccc(OCc2ccccc2)c(N)c1. The molecule has 0 bridgehead atoms. The zero-order valence-corrected chi connectivity index (χ0v) is 14.6. The van der Waals surface area contributed by atoms with Crippen LogP contribution in [0.25, 0.3) is 0 Å². The second kappa shape index (κ2) is 11.6. The molecule has 126 valence electrons. The van der Waals surface area contributed by atoms with Crippen molar-refractivity contribution in [1.29, 1.82) is 0 Å². The van der Waals surface area contributed by atoms with E-state index in [0.717, 1.165) is 30.8 Å². The number of hydrogen-bond acceptors (Lipinski definition) is 3. The average Bonchev–Trinajstić information content (AvgIpc) is 2.60. The molecule has 3 N–H and O–H groups in total. The zero-order valence-electron chi connectivity index (χ0n) is 14.6. The van der Waals surface area contributed by atoms with Gasteiger partial charge in [-0.05, 0) is 49.2 Å². The van der Waals surface area contributed by atoms with E-state index in [9.17, 15) is 0 Å². The first-order valence-corrected chi connectivity index (χ1v) is 8.47. The quantitative estimate of drug-likeness (QED) is 0.587. The fraction of sp³-hybridized carbons (Fsp3) is 0.400. The summed E-state index contributed by atoms with van der Waals surface area (Å²) in [4.78, 5) is 0. The molecule has 23 heavy (non-hydrogen) atoms. The van der Waals surface area contributed by atoms with Crippen molar-refractivity contribution < 1.29 is 4.74 Å². The molecule has 0 radical (unpaired) electrons. The number of rotatable bonds is 7. The lowest BCUT2D eigenvalue weighted by atomic mass is 10.1. The maximum Gasteiger partial charge on any atom is 0.142 e. The van der Waals surface area contributed by atoms with Crippen molar-refractivity contribution in [3.63, 3.8) is 0 Å². The maximum absolute atomic E-state index is 5.94. The predicted octanol–water partition coefficient (Wildman–Crippen LogP) is 4.42. The highest BCUT2D eigenvalue weighted by Crippen LogP contribution is 2.23. The highest BCUT2D eigenvalue weighted by atomic mass is 16.5. The van der Waals surface area contributed by atoms with E-state index < -0.39 is 0 Å². The molecule has 0 spiro atoms. The fourth-order valence-corrected chi connectivity index (χ4v) is 2.04. The fourth-order valence-electron chi connectivity index (χ4n) is 2.04. The van der Waals surface area contributed by atoms with Crippen molar-refractivity contribution in [3.05, 3.63) is 59.7 Å². The lowest BCUT2D eigenvalue weighted by Gasteiger charge is -2.10. The minimum absolute atomic E-state index is 0.552. The van der Waals surface area contributed by atoms with Gasteiger partial charge in [0.05, 0.1) is 5.69 Å². The number of anilines is 1. The highest BCUT2D eigenvalue weighted by Gasteiger charge is 2.01. The smallest absolute Gasteiger partial charge is 0.142 e. The van der Waals surface area contributed by atoms with Gasteiger partial charge in [-0.1, -0.05) is 57.2 Å². The Balaban J connectivity index is 0.000000379. The van der Waals surface area contributed by atoms with Gasteiger partial charge in [0.1, 0.15) is 12.4 Å². The summed E-state index contributed by atoms with van der Waals surface area (Å²) in [5.41, 5.74) is 9.02. The van der Waals surface area contributed by atoms with E-state index in [2.05, 4.69) is 32.2 Å². The summed E-state index contributed by atoms with van der Waals surface area (Å²) in [5, 5.41) is 3.20. The predicted molar refractivity (Wildman–Crippen MR) is 99.8 cm³/mol. The Morgan fingerprint density at radius 2 is 1.70 bits per heavy atom. The van der Waals surface area contributed by atoms with Gasteiger partial charge in [-0.15, -0.1) is 0 Å². The molecule has 0 aliphatic rings. The van der Waals surface area contributed by atoms with Gasteiger partial charge in [-0.3, -0.25) is 0 Å². The molecule has 2 aromatic rings. The van der Waals surface area contributed by atoms with Crippen LogP contribution in [0.4, 0.5) is 5.69 Å². The third kappa shape index (κ3) is 7.71. The summed E-state index contributed by atoms with van der Waals surface area (Å²) in [6.07, 6.45) is 2.23. The minimum atomic E-state index is 0.552. The molecular formula is C20H30N2O. The van der Waals surface area contributed by atoms with Crippen molar-refractivity contribution in [1.82, 2.24) is 5.32 Å². The molecule has 0 aromatic heterocycles. The molecule has 0 amide bonds. The lowest BCUT2D eigenvalue weighted by Crippen LogP contribution is -2.12. The van der Waals surface area contributed by atoms with Crippen molar-refractivity contribution in [2.75, 3.05) is 18.8 Å². The Labute approximate surface area is 140 Å². The van der Waals surface area contributed by atoms with Crippen LogP contribution >= 0.6 is 0 Å². The van der Waals surface area contributed by atoms with Crippen molar-refractivity contribution in [3.8, 4) is 5.75 Å². The van der Waals surface area contributed by atoms with Gasteiger partial charge in [0.25, 0.3) is 0 Å². The normalized spacial score (nSPS) is 9.87. The van der Waals surface area contributed by atoms with E-state index in [0.29, 0.717) is 12.3 Å². The first-order chi connectivity index (χ1) is 11.2. The Hall–Kier alpha value is -2.00. The van der Waals surface area contributed by atoms with Gasteiger partial charge in [-0.2, -0.15) is 0 Å². The van der Waals surface area contributed by atoms with Gasteiger partial charge in [0.15, 0.2) is 0 Å². The molecular weight excluding hydrogens is 284 g/mol. The molecule has 3 nitrogen and oxygen atoms in total. The molecule has 0 saturated heterocycles. The molecule has 0 unspecified atom stereocenters. The summed E-state index contributed by atoms with van der Waals surface area (Å²) in [6, 6.07) is 16.0. The van der Waals surface area contributed by atoms with E-state index in [1.807, 2.05) is 42.5 Å². The summed E-state index contributed by atoms with van der Waals surface area (Å²) >= 11 is 0. The largest absolute Gasteiger partial charge is 0.487 e. The molecule has 0 fully saturated rings. The number of benzene rings is 2. The van der Waals surface area contributed by atoms with Crippen molar-refractivity contribution >= 4 is 5.69 Å². The minimum Gasteiger partial charge on any atom is -0.487 e.